The average Bonchev–Trinajstić information content (AvgIpc) is 0.734. The van der Waals surface area contributed by atoms with E-state index in [1.165, 1.54) is 28.1 Å². The molecule has 25 heteroatoms. The highest BCUT2D eigenvalue weighted by Crippen LogP contribution is 2.48. The van der Waals surface area contributed by atoms with Crippen LogP contribution in [0.5, 0.6) is 17.2 Å². The molecule has 11 N–H and O–H groups in total. The van der Waals surface area contributed by atoms with Crippen LogP contribution >= 0.6 is 0 Å². The first-order valence-electron chi connectivity index (χ1n) is 39.9. The zero-order valence-corrected chi connectivity index (χ0v) is 67.2. The minimum atomic E-state index is -1.30. The minimum absolute atomic E-state index is 0.0487. The number of nitrogens with one attached hydrogen (secondary N) is 4. The molecule has 4 fully saturated rings. The summed E-state index contributed by atoms with van der Waals surface area (Å²) in [5, 5.41) is 67.9. The lowest BCUT2D eigenvalue weighted by molar-refractivity contribution is -0.269. The van der Waals surface area contributed by atoms with Crippen molar-refractivity contribution in [2.75, 3.05) is 33.0 Å². The number of aliphatic hydroxyl groups is 4. The van der Waals surface area contributed by atoms with E-state index in [0.717, 1.165) is 5.56 Å². The van der Waals surface area contributed by atoms with Crippen LogP contribution in [0.4, 0.5) is 5.69 Å². The Morgan fingerprint density at radius 1 is 0.847 bits per heavy atom. The number of nitrogens with zero attached hydrogens (tertiary/aromatic N) is 2. The molecule has 3 aromatic rings. The second-order valence-corrected chi connectivity index (χ2v) is 32.4. The maximum atomic E-state index is 14.7. The fraction of sp³-hybridized carbons (Fsp3) is 0.605. The standard InChI is InChI=1S/C86H123N7O18/c1-14-59-40-53(7)86(90-79(59)101)55(9)77(99)63(44-58-41-60(47-61(87)42-58)71(36-34-56-35-37-72(107-12)74(46-56)108-13)110-84(106)66-31-22-23-38-92(66)82(104)78(100)85(10,11)15-2)73(111-86)48-68(96)51(5)26-18-16-19-27-52(6)70-33-21-17-20-32-67(95)54(8)69(97)49-75(98)89-76(50(3)4)80(102)88-65(45-57-28-24-29-62(94)43-57)81(103)93-39-25-30-64(91-93)83(105)109-70/h16-17,19-21,24,27-29,32,35,37,41-43,46-47,50-51,53-55,59,63-71,73,76-77,91,94-97,99H,14-15,18,22-23,25-26,30-31,33-34,36,38-40,44-45,48-49,87H2,1-13H3,(H,88,102)(H,89,98)(H,90,101)/b19-16+,21-17+,32-20+,52-27+/t51-,53-,54?,55-,59-,63-,64-,65-,66-,67+,68-,69-,70-,71+,73-,76-,77+,86+/m0/s1. The van der Waals surface area contributed by atoms with Crippen LogP contribution in [-0.4, -0.2) is 177 Å². The summed E-state index contributed by atoms with van der Waals surface area (Å²) >= 11 is 0. The number of hydrogen-bond donors (Lipinski definition) is 10. The molecule has 5 amide bonds. The van der Waals surface area contributed by atoms with Crippen LogP contribution in [0, 0.1) is 46.8 Å². The number of Topliss-reactive ketones (excluding diaryl/α,β-unsaturated/α-hetero) is 1. The van der Waals surface area contributed by atoms with Crippen molar-refractivity contribution in [3.05, 3.63) is 131 Å². The molecule has 0 saturated carbocycles. The van der Waals surface area contributed by atoms with Crippen molar-refractivity contribution in [2.45, 2.75) is 258 Å². The summed E-state index contributed by atoms with van der Waals surface area (Å²) in [5.41, 5.74) is 11.4. The molecule has 8 rings (SSSR count). The third-order valence-electron chi connectivity index (χ3n) is 23.6. The number of aromatic hydroxyl groups is 1. The molecule has 2 bridgehead atoms. The number of esters is 2. The number of aliphatic hydroxyl groups excluding tert-OH is 4. The summed E-state index contributed by atoms with van der Waals surface area (Å²) in [5.74, 6) is -6.89. The predicted molar refractivity (Wildman–Crippen MR) is 421 cm³/mol. The number of cyclic esters (lactones) is 1. The van der Waals surface area contributed by atoms with Crippen molar-refractivity contribution >= 4 is 52.9 Å². The predicted octanol–water partition coefficient (Wildman–Crippen LogP) is 9.24. The largest absolute Gasteiger partial charge is 0.508 e. The van der Waals surface area contributed by atoms with Gasteiger partial charge in [0.15, 0.2) is 11.5 Å². The second kappa shape index (κ2) is 40.3. The number of allylic oxidation sites excluding steroid dienone is 5. The lowest BCUT2D eigenvalue weighted by Crippen LogP contribution is -2.71. The molecule has 5 aliphatic heterocycles. The van der Waals surface area contributed by atoms with Gasteiger partial charge in [-0.25, -0.2) is 10.2 Å². The number of nitrogen functional groups attached to an aromatic ring is 1. The van der Waals surface area contributed by atoms with Crippen LogP contribution in [0.3, 0.4) is 0 Å². The molecule has 1 unspecified atom stereocenters. The Kier molecular flexibility index (Phi) is 32.0. The number of anilines is 1. The van der Waals surface area contributed by atoms with Gasteiger partial charge in [-0.3, -0.25) is 38.6 Å². The van der Waals surface area contributed by atoms with Crippen molar-refractivity contribution in [3.63, 3.8) is 0 Å². The Morgan fingerprint density at radius 3 is 2.30 bits per heavy atom. The van der Waals surface area contributed by atoms with Crippen LogP contribution in [0.2, 0.25) is 0 Å². The van der Waals surface area contributed by atoms with Crippen LogP contribution in [0.15, 0.2) is 109 Å². The molecule has 0 aromatic heterocycles. The van der Waals surface area contributed by atoms with E-state index in [-0.39, 0.29) is 74.6 Å². The number of fused-ring (bicyclic) bond motifs is 2. The number of carbonyl (C=O) groups is 8. The summed E-state index contributed by atoms with van der Waals surface area (Å²) in [4.78, 5) is 114. The Morgan fingerprint density at radius 2 is 1.59 bits per heavy atom. The van der Waals surface area contributed by atoms with Crippen molar-refractivity contribution in [1.29, 1.82) is 0 Å². The van der Waals surface area contributed by atoms with Gasteiger partial charge in [-0.2, -0.15) is 0 Å². The number of piperidine rings is 2. The Hall–Kier alpha value is -8.46. The number of benzene rings is 3. The summed E-state index contributed by atoms with van der Waals surface area (Å²) in [6, 6.07) is 13.0. The molecule has 0 radical (unpaired) electrons. The summed E-state index contributed by atoms with van der Waals surface area (Å²) in [6.45, 7) is 20.4. The molecule has 18 atom stereocenters. The van der Waals surface area contributed by atoms with E-state index in [9.17, 15) is 63.9 Å². The number of nitrogens with two attached hydrogens (primary N) is 1. The number of ketones is 1. The lowest BCUT2D eigenvalue weighted by atomic mass is 9.67. The highest BCUT2D eigenvalue weighted by molar-refractivity contribution is 6.38. The van der Waals surface area contributed by atoms with E-state index < -0.39 is 149 Å². The van der Waals surface area contributed by atoms with Gasteiger partial charge in [0, 0.05) is 73.0 Å². The van der Waals surface area contributed by atoms with Gasteiger partial charge in [0.2, 0.25) is 23.5 Å². The van der Waals surface area contributed by atoms with Gasteiger partial charge in [0.25, 0.3) is 11.8 Å². The van der Waals surface area contributed by atoms with Gasteiger partial charge in [-0.15, -0.1) is 0 Å². The molecule has 610 valence electrons. The van der Waals surface area contributed by atoms with Crippen molar-refractivity contribution in [3.8, 4) is 17.2 Å². The molecule has 4 saturated heterocycles. The van der Waals surface area contributed by atoms with E-state index in [2.05, 4.69) is 21.4 Å². The average molecular weight is 1540 g/mol. The van der Waals surface area contributed by atoms with E-state index in [4.69, 9.17) is 29.4 Å². The van der Waals surface area contributed by atoms with E-state index >= 15 is 0 Å². The van der Waals surface area contributed by atoms with Crippen LogP contribution in [0.1, 0.15) is 194 Å². The zero-order valence-electron chi connectivity index (χ0n) is 67.2. The number of hydrogen-bond acceptors (Lipinski definition) is 20. The third-order valence-corrected chi connectivity index (χ3v) is 23.6. The number of amides is 5. The van der Waals surface area contributed by atoms with Crippen LogP contribution in [0.25, 0.3) is 0 Å². The molecule has 5 heterocycles. The maximum Gasteiger partial charge on any atom is 0.329 e. The first-order chi connectivity index (χ1) is 52.7. The first kappa shape index (κ1) is 88.1. The number of phenols is 1. The molecule has 25 nitrogen and oxygen atoms in total. The fourth-order valence-electron chi connectivity index (χ4n) is 15.8. The minimum Gasteiger partial charge on any atom is -0.508 e. The fourth-order valence-corrected chi connectivity index (χ4v) is 15.8. The zero-order chi connectivity index (χ0) is 81.2. The SMILES string of the molecule is CC[C@H]1C[C@H](C)[C@@]2(NC1=O)O[C@@H](C[C@H](O)[C@@H](C)CC/C=C/C=C(\C)[C@@H]1C/C=C/C=C/[C@@H](O)C(C)[C@@H](O)CC(=O)N[C@@H](C(C)C)C(=O)N[C@@H](Cc3cccc(O)c3)C(=O)N3CCC[C@H](N3)C(=O)O1)[C@H](Cc1cc(N)cc([C@@H](CCc3ccc(OC)c(OC)c3)OC(=O)[C@@H]3CCCCN3C(=O)C(=O)C(C)(C)CC)c1)[C@H](O)[C@@H]2C. The number of aryl methyl sites for hydroxylation is 1. The number of carbonyl (C=O) groups excluding carboxylic acids is 8. The van der Waals surface area contributed by atoms with Gasteiger partial charge in [-0.05, 0) is 166 Å². The van der Waals surface area contributed by atoms with Gasteiger partial charge in [0.1, 0.15) is 47.8 Å². The number of phenolic OH excluding ortho intramolecular Hbond substituents is 1. The van der Waals surface area contributed by atoms with E-state index in [1.54, 1.807) is 91.3 Å². The molecule has 5 aliphatic rings. The molecule has 1 spiro atoms. The molecule has 111 heavy (non-hydrogen) atoms. The second-order valence-electron chi connectivity index (χ2n) is 32.4. The van der Waals surface area contributed by atoms with E-state index in [1.807, 2.05) is 84.0 Å². The number of methoxy groups -OCH3 is 2. The Labute approximate surface area is 654 Å². The van der Waals surface area contributed by atoms with Crippen molar-refractivity contribution < 1.29 is 87.6 Å². The van der Waals surface area contributed by atoms with Gasteiger partial charge >= 0.3 is 11.9 Å². The topological polar surface area (TPSA) is 364 Å². The lowest BCUT2D eigenvalue weighted by Gasteiger charge is -2.57. The first-order valence-corrected chi connectivity index (χ1v) is 39.9. The van der Waals surface area contributed by atoms with Gasteiger partial charge < -0.3 is 75.8 Å². The highest BCUT2D eigenvalue weighted by Gasteiger charge is 2.58. The number of hydrazine groups is 1. The number of rotatable bonds is 25. The summed E-state index contributed by atoms with van der Waals surface area (Å²) in [7, 11) is 3.10. The van der Waals surface area contributed by atoms with Crippen molar-refractivity contribution in [2.24, 2.45) is 46.8 Å². The number of ether oxygens (including phenoxy) is 5. The Bertz CT molecular complexity index is 3840. The molecule has 3 aromatic carbocycles. The molecular formula is C86H123N7O18. The maximum absolute atomic E-state index is 14.7. The number of likely N-dealkylation sites (tertiary alicyclic amines) is 1. The third kappa shape index (κ3) is 22.9. The van der Waals surface area contributed by atoms with Crippen LogP contribution < -0.4 is 36.6 Å². The highest BCUT2D eigenvalue weighted by atomic mass is 16.6. The normalized spacial score (nSPS) is 29.2. The van der Waals surface area contributed by atoms with Gasteiger partial charge in [-0.1, -0.05) is 136 Å². The molecular weight excluding hydrogens is 1420 g/mol. The van der Waals surface area contributed by atoms with Crippen molar-refractivity contribution in [1.82, 2.24) is 31.3 Å². The van der Waals surface area contributed by atoms with E-state index in [0.29, 0.717) is 110 Å². The molecule has 0 aliphatic carbocycles. The quantitative estimate of drug-likeness (QED) is 0.0163. The van der Waals surface area contributed by atoms with Crippen LogP contribution in [-0.2, 0) is 71.8 Å². The smallest absolute Gasteiger partial charge is 0.329 e. The van der Waals surface area contributed by atoms with Gasteiger partial charge in [0.05, 0.1) is 51.2 Å². The summed E-state index contributed by atoms with van der Waals surface area (Å²) in [6.07, 6.45) is 10.7. The summed E-state index contributed by atoms with van der Waals surface area (Å²) < 4.78 is 31.2. The Balaban J connectivity index is 1.02. The monoisotopic (exact) mass is 1540 g/mol.